The van der Waals surface area contributed by atoms with Gasteiger partial charge in [-0.2, -0.15) is 8.42 Å². The van der Waals surface area contributed by atoms with Crippen molar-refractivity contribution in [2.75, 3.05) is 25.6 Å². The predicted octanol–water partition coefficient (Wildman–Crippen LogP) is -0.0887. The molecule has 7 heteroatoms. The Labute approximate surface area is 96.2 Å². The molecule has 0 aromatic heterocycles. The van der Waals surface area contributed by atoms with Gasteiger partial charge >= 0.3 is 0 Å². The van der Waals surface area contributed by atoms with Crippen LogP contribution in [0.3, 0.4) is 0 Å². The van der Waals surface area contributed by atoms with E-state index in [0.717, 1.165) is 0 Å². The van der Waals surface area contributed by atoms with Crippen LogP contribution in [0.2, 0.25) is 0 Å². The highest BCUT2D eigenvalue weighted by Crippen LogP contribution is 2.11. The lowest BCUT2D eigenvalue weighted by molar-refractivity contribution is -0.217. The Morgan fingerprint density at radius 2 is 1.88 bits per heavy atom. The average molecular weight is 256 g/mol. The minimum atomic E-state index is -3.63. The second-order valence-corrected chi connectivity index (χ2v) is 5.38. The number of aliphatic hydroxyl groups excluding tert-OH is 2. The minimum absolute atomic E-state index is 0.0683. The molecule has 0 saturated heterocycles. The Bertz CT molecular complexity index is 263. The molecule has 0 rings (SSSR count). The van der Waals surface area contributed by atoms with E-state index in [-0.39, 0.29) is 37.4 Å². The number of hydrogen-bond acceptors (Lipinski definition) is 6. The summed E-state index contributed by atoms with van der Waals surface area (Å²) in [5.41, 5.74) is 0. The molecule has 2 atom stereocenters. The zero-order valence-electron chi connectivity index (χ0n) is 9.63. The van der Waals surface area contributed by atoms with Crippen LogP contribution in [0.1, 0.15) is 20.3 Å². The summed E-state index contributed by atoms with van der Waals surface area (Å²) in [6.45, 7) is 3.08. The average Bonchev–Trinajstić information content (AvgIpc) is 2.23. The largest absolute Gasteiger partial charge is 0.396 e. The van der Waals surface area contributed by atoms with Crippen molar-refractivity contribution < 1.29 is 27.9 Å². The molecular formula is C9H20O6S. The van der Waals surface area contributed by atoms with E-state index in [2.05, 4.69) is 9.22 Å². The standard InChI is InChI=1S/C9H20O6S/c1-3-4-16(12,13)15-14-7-9(6-11)8(2)5-10/h8-11H,3-7H2,1-2H3. The van der Waals surface area contributed by atoms with E-state index >= 15 is 0 Å². The van der Waals surface area contributed by atoms with Crippen LogP contribution < -0.4 is 0 Å². The summed E-state index contributed by atoms with van der Waals surface area (Å²) < 4.78 is 26.4. The molecule has 0 fully saturated rings. The normalized spacial score (nSPS) is 16.0. The topological polar surface area (TPSA) is 93.1 Å². The van der Waals surface area contributed by atoms with Gasteiger partial charge < -0.3 is 10.2 Å². The molecule has 98 valence electrons. The second kappa shape index (κ2) is 7.97. The third-order valence-corrected chi connectivity index (χ3v) is 3.43. The van der Waals surface area contributed by atoms with Gasteiger partial charge in [0.15, 0.2) is 0 Å². The van der Waals surface area contributed by atoms with Crippen molar-refractivity contribution in [2.24, 2.45) is 11.8 Å². The molecule has 0 bridgehead atoms. The van der Waals surface area contributed by atoms with E-state index in [9.17, 15) is 8.42 Å². The maximum absolute atomic E-state index is 11.1. The van der Waals surface area contributed by atoms with Gasteiger partial charge in [-0.3, -0.25) is 0 Å². The Balaban J connectivity index is 3.96. The molecule has 0 aromatic rings. The first-order valence-electron chi connectivity index (χ1n) is 5.22. The summed E-state index contributed by atoms with van der Waals surface area (Å²) in [5.74, 6) is -0.629. The summed E-state index contributed by atoms with van der Waals surface area (Å²) in [5, 5.41) is 17.8. The zero-order chi connectivity index (χ0) is 12.6. The molecule has 16 heavy (non-hydrogen) atoms. The predicted molar refractivity (Wildman–Crippen MR) is 57.9 cm³/mol. The summed E-state index contributed by atoms with van der Waals surface area (Å²) in [7, 11) is -3.63. The Hall–Kier alpha value is -0.210. The fourth-order valence-electron chi connectivity index (χ4n) is 1.02. The van der Waals surface area contributed by atoms with Gasteiger partial charge in [-0.1, -0.05) is 13.8 Å². The maximum atomic E-state index is 11.1. The number of rotatable bonds is 9. The molecule has 0 heterocycles. The van der Waals surface area contributed by atoms with Crippen LogP contribution >= 0.6 is 0 Å². The second-order valence-electron chi connectivity index (χ2n) is 3.72. The fourth-order valence-corrected chi connectivity index (χ4v) is 1.79. The first kappa shape index (κ1) is 15.8. The van der Waals surface area contributed by atoms with Gasteiger partial charge in [-0.25, -0.2) is 4.89 Å². The van der Waals surface area contributed by atoms with Gasteiger partial charge in [-0.15, -0.1) is 4.33 Å². The van der Waals surface area contributed by atoms with Crippen molar-refractivity contribution in [3.63, 3.8) is 0 Å². The highest BCUT2D eigenvalue weighted by atomic mass is 32.2. The third kappa shape index (κ3) is 6.39. The highest BCUT2D eigenvalue weighted by Gasteiger charge is 2.18. The number of aliphatic hydroxyl groups is 2. The summed E-state index contributed by atoms with van der Waals surface area (Å²) >= 11 is 0. The molecular weight excluding hydrogens is 236 g/mol. The lowest BCUT2D eigenvalue weighted by atomic mass is 9.97. The minimum Gasteiger partial charge on any atom is -0.396 e. The van der Waals surface area contributed by atoms with E-state index in [1.54, 1.807) is 13.8 Å². The molecule has 0 spiro atoms. The van der Waals surface area contributed by atoms with Gasteiger partial charge in [-0.05, 0) is 12.3 Å². The smallest absolute Gasteiger partial charge is 0.293 e. The molecule has 0 saturated carbocycles. The van der Waals surface area contributed by atoms with E-state index in [1.807, 2.05) is 0 Å². The molecule has 0 aliphatic heterocycles. The van der Waals surface area contributed by atoms with Crippen molar-refractivity contribution in [3.05, 3.63) is 0 Å². The van der Waals surface area contributed by atoms with Crippen molar-refractivity contribution >= 4 is 10.1 Å². The van der Waals surface area contributed by atoms with E-state index in [1.165, 1.54) is 0 Å². The Kier molecular flexibility index (Phi) is 7.86. The van der Waals surface area contributed by atoms with Gasteiger partial charge in [0.1, 0.15) is 0 Å². The van der Waals surface area contributed by atoms with Crippen LogP contribution in [-0.2, 0) is 19.3 Å². The summed E-state index contributed by atoms with van der Waals surface area (Å²) in [6.07, 6.45) is 0.447. The lowest BCUT2D eigenvalue weighted by Gasteiger charge is -2.18. The SMILES string of the molecule is CCCS(=O)(=O)OOCC(CO)C(C)CO. The van der Waals surface area contributed by atoms with E-state index in [0.29, 0.717) is 6.42 Å². The molecule has 6 nitrogen and oxygen atoms in total. The molecule has 0 amide bonds. The quantitative estimate of drug-likeness (QED) is 0.442. The monoisotopic (exact) mass is 256 g/mol. The Morgan fingerprint density at radius 3 is 2.31 bits per heavy atom. The molecule has 0 radical (unpaired) electrons. The van der Waals surface area contributed by atoms with Crippen LogP contribution in [0, 0.1) is 11.8 Å². The molecule has 2 unspecified atom stereocenters. The fraction of sp³-hybridized carbons (Fsp3) is 1.00. The number of hydrogen-bond donors (Lipinski definition) is 2. The highest BCUT2D eigenvalue weighted by molar-refractivity contribution is 7.86. The van der Waals surface area contributed by atoms with E-state index in [4.69, 9.17) is 10.2 Å². The van der Waals surface area contributed by atoms with Crippen molar-refractivity contribution in [2.45, 2.75) is 20.3 Å². The van der Waals surface area contributed by atoms with E-state index < -0.39 is 10.1 Å². The van der Waals surface area contributed by atoms with Crippen molar-refractivity contribution in [1.82, 2.24) is 0 Å². The first-order valence-corrected chi connectivity index (χ1v) is 6.80. The molecule has 0 aromatic carbocycles. The molecule has 0 aliphatic carbocycles. The van der Waals surface area contributed by atoms with Crippen LogP contribution in [0.5, 0.6) is 0 Å². The van der Waals surface area contributed by atoms with Crippen LogP contribution in [0.4, 0.5) is 0 Å². The van der Waals surface area contributed by atoms with Crippen LogP contribution in [0.25, 0.3) is 0 Å². The third-order valence-electron chi connectivity index (χ3n) is 2.22. The van der Waals surface area contributed by atoms with Crippen molar-refractivity contribution in [1.29, 1.82) is 0 Å². The Morgan fingerprint density at radius 1 is 1.25 bits per heavy atom. The van der Waals surface area contributed by atoms with Gasteiger partial charge in [0.2, 0.25) is 0 Å². The first-order chi connectivity index (χ1) is 7.46. The maximum Gasteiger partial charge on any atom is 0.293 e. The van der Waals surface area contributed by atoms with Crippen molar-refractivity contribution in [3.8, 4) is 0 Å². The zero-order valence-corrected chi connectivity index (χ0v) is 10.4. The van der Waals surface area contributed by atoms with Crippen LogP contribution in [-0.4, -0.2) is 44.2 Å². The molecule has 2 N–H and O–H groups in total. The van der Waals surface area contributed by atoms with Gasteiger partial charge in [0, 0.05) is 19.1 Å². The summed E-state index contributed by atoms with van der Waals surface area (Å²) in [4.78, 5) is 4.57. The lowest BCUT2D eigenvalue weighted by Crippen LogP contribution is -2.25. The molecule has 0 aliphatic rings. The van der Waals surface area contributed by atoms with Crippen LogP contribution in [0.15, 0.2) is 0 Å². The van der Waals surface area contributed by atoms with Gasteiger partial charge in [0.05, 0.1) is 12.4 Å². The van der Waals surface area contributed by atoms with Gasteiger partial charge in [0.25, 0.3) is 10.1 Å². The summed E-state index contributed by atoms with van der Waals surface area (Å²) in [6, 6.07) is 0.